The molecule has 13 aromatic rings. The molecule has 72 heavy (non-hydrogen) atoms. The van der Waals surface area contributed by atoms with E-state index in [1.807, 2.05) is 0 Å². The fourth-order valence-corrected chi connectivity index (χ4v) is 10.5. The largest absolute Gasteiger partial charge is 0.310 e. The average Bonchev–Trinajstić information content (AvgIpc) is 3.80. The zero-order valence-electron chi connectivity index (χ0n) is 39.6. The van der Waals surface area contributed by atoms with Crippen LogP contribution in [0.3, 0.4) is 0 Å². The van der Waals surface area contributed by atoms with Crippen molar-refractivity contribution >= 4 is 49.6 Å². The molecule has 0 aliphatic heterocycles. The van der Waals surface area contributed by atoms with E-state index in [-0.39, 0.29) is 0 Å². The van der Waals surface area contributed by atoms with Crippen LogP contribution < -0.4 is 4.90 Å². The zero-order chi connectivity index (χ0) is 47.8. The second kappa shape index (κ2) is 18.4. The van der Waals surface area contributed by atoms with Crippen molar-refractivity contribution in [2.24, 2.45) is 0 Å². The van der Waals surface area contributed by atoms with Gasteiger partial charge >= 0.3 is 0 Å². The van der Waals surface area contributed by atoms with E-state index in [1.165, 1.54) is 93.9 Å². The molecule has 12 aromatic carbocycles. The molecule has 338 valence electrons. The van der Waals surface area contributed by atoms with Crippen LogP contribution in [0.5, 0.6) is 0 Å². The van der Waals surface area contributed by atoms with Crippen molar-refractivity contribution in [1.29, 1.82) is 0 Å². The molecule has 13 rings (SSSR count). The molecule has 0 saturated heterocycles. The minimum atomic E-state index is 1.08. The highest BCUT2D eigenvalue weighted by atomic mass is 15.1. The molecular formula is C70H48N2. The van der Waals surface area contributed by atoms with E-state index in [0.29, 0.717) is 0 Å². The van der Waals surface area contributed by atoms with Crippen LogP contribution >= 0.6 is 0 Å². The number of hydrogen-bond donors (Lipinski definition) is 0. The summed E-state index contributed by atoms with van der Waals surface area (Å²) in [6, 6.07) is 106. The number of aromatic nitrogens is 1. The number of fused-ring (bicyclic) bond motifs is 4. The molecule has 0 saturated carbocycles. The molecule has 0 spiro atoms. The van der Waals surface area contributed by atoms with Gasteiger partial charge in [-0.25, -0.2) is 0 Å². The zero-order valence-corrected chi connectivity index (χ0v) is 39.6. The lowest BCUT2D eigenvalue weighted by molar-refractivity contribution is 1.18. The minimum absolute atomic E-state index is 1.08. The third-order valence-electron chi connectivity index (χ3n) is 14.2. The molecule has 0 fully saturated rings. The van der Waals surface area contributed by atoms with E-state index >= 15 is 0 Å². The molecule has 0 aliphatic rings. The van der Waals surface area contributed by atoms with Crippen molar-refractivity contribution < 1.29 is 0 Å². The Hall–Kier alpha value is -9.50. The third kappa shape index (κ3) is 8.01. The SMILES string of the molecule is c1ccc(-c2ccc(-c3cccc(N(c4ccc(-c5ccc(-c6ccccc6-n6c7ccccc7c7ccccc76)cc5)cc4)c4ccc(-c5cccc(-c6ccc7ccccc7c6)c5)cc4)c3)cc2)cc1. The Morgan fingerprint density at radius 3 is 1.25 bits per heavy atom. The number of nitrogens with zero attached hydrogens (tertiary/aromatic N) is 2. The first-order valence-electron chi connectivity index (χ1n) is 24.7. The molecule has 0 bridgehead atoms. The second-order valence-electron chi connectivity index (χ2n) is 18.5. The summed E-state index contributed by atoms with van der Waals surface area (Å²) < 4.78 is 2.41. The molecule has 0 unspecified atom stereocenters. The Morgan fingerprint density at radius 2 is 0.625 bits per heavy atom. The van der Waals surface area contributed by atoms with E-state index in [4.69, 9.17) is 0 Å². The maximum Gasteiger partial charge on any atom is 0.0541 e. The predicted octanol–water partition coefficient (Wildman–Crippen LogP) is 19.4. The molecule has 1 heterocycles. The highest BCUT2D eigenvalue weighted by Gasteiger charge is 2.17. The third-order valence-corrected chi connectivity index (χ3v) is 14.2. The van der Waals surface area contributed by atoms with Crippen LogP contribution in [0.4, 0.5) is 17.1 Å². The molecule has 0 aliphatic carbocycles. The van der Waals surface area contributed by atoms with Gasteiger partial charge in [-0.15, -0.1) is 0 Å². The van der Waals surface area contributed by atoms with Crippen molar-refractivity contribution in [3.63, 3.8) is 0 Å². The monoisotopic (exact) mass is 916 g/mol. The van der Waals surface area contributed by atoms with Gasteiger partial charge in [0.1, 0.15) is 0 Å². The Bertz CT molecular complexity index is 4000. The fourth-order valence-electron chi connectivity index (χ4n) is 10.5. The molecule has 0 atom stereocenters. The van der Waals surface area contributed by atoms with Crippen LogP contribution in [0.25, 0.3) is 105 Å². The van der Waals surface area contributed by atoms with E-state index in [0.717, 1.165) is 28.2 Å². The summed E-state index contributed by atoms with van der Waals surface area (Å²) in [5.41, 5.74) is 21.1. The average molecular weight is 917 g/mol. The Balaban J connectivity index is 0.833. The molecule has 0 N–H and O–H groups in total. The number of para-hydroxylation sites is 3. The van der Waals surface area contributed by atoms with Gasteiger partial charge < -0.3 is 9.47 Å². The van der Waals surface area contributed by atoms with Crippen molar-refractivity contribution in [3.05, 3.63) is 291 Å². The highest BCUT2D eigenvalue weighted by Crippen LogP contribution is 2.41. The lowest BCUT2D eigenvalue weighted by Gasteiger charge is -2.26. The van der Waals surface area contributed by atoms with E-state index in [2.05, 4.69) is 301 Å². The molecule has 0 radical (unpaired) electrons. The maximum atomic E-state index is 2.41. The van der Waals surface area contributed by atoms with Crippen molar-refractivity contribution in [3.8, 4) is 72.4 Å². The highest BCUT2D eigenvalue weighted by molar-refractivity contribution is 6.09. The summed E-state index contributed by atoms with van der Waals surface area (Å²) >= 11 is 0. The predicted molar refractivity (Wildman–Crippen MR) is 306 cm³/mol. The number of hydrogen-bond acceptors (Lipinski definition) is 1. The van der Waals surface area contributed by atoms with Gasteiger partial charge in [-0.05, 0) is 139 Å². The van der Waals surface area contributed by atoms with Crippen LogP contribution in [0.15, 0.2) is 291 Å². The number of anilines is 3. The quantitative estimate of drug-likeness (QED) is 0.133. The lowest BCUT2D eigenvalue weighted by atomic mass is 9.97. The van der Waals surface area contributed by atoms with Crippen LogP contribution in [0.2, 0.25) is 0 Å². The first-order valence-corrected chi connectivity index (χ1v) is 24.7. The van der Waals surface area contributed by atoms with Gasteiger partial charge in [-0.1, -0.05) is 224 Å². The van der Waals surface area contributed by atoms with Gasteiger partial charge in [0.25, 0.3) is 0 Å². The summed E-state index contributed by atoms with van der Waals surface area (Å²) in [6.07, 6.45) is 0. The maximum absolute atomic E-state index is 2.41. The summed E-state index contributed by atoms with van der Waals surface area (Å²) in [6.45, 7) is 0. The van der Waals surface area contributed by atoms with Crippen LogP contribution in [-0.4, -0.2) is 4.57 Å². The minimum Gasteiger partial charge on any atom is -0.310 e. The van der Waals surface area contributed by atoms with Crippen LogP contribution in [0, 0.1) is 0 Å². The van der Waals surface area contributed by atoms with Crippen LogP contribution in [0.1, 0.15) is 0 Å². The van der Waals surface area contributed by atoms with Gasteiger partial charge in [0.15, 0.2) is 0 Å². The van der Waals surface area contributed by atoms with Gasteiger partial charge in [-0.2, -0.15) is 0 Å². The lowest BCUT2D eigenvalue weighted by Crippen LogP contribution is -2.10. The second-order valence-corrected chi connectivity index (χ2v) is 18.5. The van der Waals surface area contributed by atoms with E-state index in [1.54, 1.807) is 0 Å². The Labute approximate surface area is 420 Å². The first kappa shape index (κ1) is 42.6. The molecule has 2 nitrogen and oxygen atoms in total. The molecular weight excluding hydrogens is 869 g/mol. The Kier molecular flexibility index (Phi) is 10.9. The van der Waals surface area contributed by atoms with Gasteiger partial charge in [0.2, 0.25) is 0 Å². The molecule has 2 heteroatoms. The van der Waals surface area contributed by atoms with Crippen molar-refractivity contribution in [2.75, 3.05) is 4.90 Å². The summed E-state index contributed by atoms with van der Waals surface area (Å²) in [4.78, 5) is 2.37. The summed E-state index contributed by atoms with van der Waals surface area (Å²) in [7, 11) is 0. The van der Waals surface area contributed by atoms with Crippen LogP contribution in [-0.2, 0) is 0 Å². The molecule has 0 amide bonds. The summed E-state index contributed by atoms with van der Waals surface area (Å²) in [5, 5.41) is 5.02. The normalized spacial score (nSPS) is 11.3. The first-order chi connectivity index (χ1) is 35.7. The standard InChI is InChI=1S/C70H48N2/c1-2-14-49(15-3-1)51-28-30-54(31-29-51)60-20-13-21-64(48-60)71(63-44-40-55(41-45-63)58-18-12-19-59(46-58)61-37-34-50-16-4-5-17-57(50)47-61)62-42-38-53(39-43-62)52-32-35-56(36-33-52)65-22-6-9-25-68(65)72-69-26-10-7-23-66(69)67-24-8-11-27-70(67)72/h1-48H. The molecule has 1 aromatic heterocycles. The number of benzene rings is 12. The summed E-state index contributed by atoms with van der Waals surface area (Å²) in [5.74, 6) is 0. The van der Waals surface area contributed by atoms with Gasteiger partial charge in [0, 0.05) is 33.4 Å². The van der Waals surface area contributed by atoms with E-state index < -0.39 is 0 Å². The topological polar surface area (TPSA) is 8.17 Å². The van der Waals surface area contributed by atoms with Gasteiger partial charge in [0.05, 0.1) is 16.7 Å². The number of rotatable bonds is 10. The van der Waals surface area contributed by atoms with Crippen molar-refractivity contribution in [1.82, 2.24) is 4.57 Å². The van der Waals surface area contributed by atoms with Gasteiger partial charge in [-0.3, -0.25) is 0 Å². The van der Waals surface area contributed by atoms with E-state index in [9.17, 15) is 0 Å². The smallest absolute Gasteiger partial charge is 0.0541 e. The van der Waals surface area contributed by atoms with Crippen molar-refractivity contribution in [2.45, 2.75) is 0 Å². The fraction of sp³-hybridized carbons (Fsp3) is 0. The Morgan fingerprint density at radius 1 is 0.222 bits per heavy atom.